The van der Waals surface area contributed by atoms with Gasteiger partial charge in [-0.1, -0.05) is 18.2 Å². The third-order valence-electron chi connectivity index (χ3n) is 4.22. The maximum atomic E-state index is 12.5. The summed E-state index contributed by atoms with van der Waals surface area (Å²) in [4.78, 5) is 40.5. The summed E-state index contributed by atoms with van der Waals surface area (Å²) in [6.45, 7) is 1.89. The van der Waals surface area contributed by atoms with Crippen LogP contribution in [0.1, 0.15) is 36.6 Å². The zero-order valence-corrected chi connectivity index (χ0v) is 15.9. The predicted octanol–water partition coefficient (Wildman–Crippen LogP) is 3.68. The molecule has 29 heavy (non-hydrogen) atoms. The monoisotopic (exact) mass is 389 g/mol. The Morgan fingerprint density at radius 1 is 0.828 bits per heavy atom. The normalized spacial score (nSPS) is 10.1. The van der Waals surface area contributed by atoms with E-state index in [1.165, 1.54) is 25.6 Å². The van der Waals surface area contributed by atoms with E-state index in [-0.39, 0.29) is 17.0 Å². The molecule has 1 heterocycles. The van der Waals surface area contributed by atoms with Gasteiger partial charge in [0.25, 0.3) is 11.8 Å². The van der Waals surface area contributed by atoms with Gasteiger partial charge in [0.2, 0.25) is 0 Å². The number of hydrogen-bond donors (Lipinski definition) is 2. The highest BCUT2D eigenvalue weighted by molar-refractivity contribution is 6.08. The molecule has 0 fully saturated rings. The highest BCUT2D eigenvalue weighted by Crippen LogP contribution is 2.16. The molecule has 0 aliphatic rings. The molecule has 3 rings (SSSR count). The van der Waals surface area contributed by atoms with Crippen LogP contribution in [0.15, 0.2) is 67.0 Å². The molecule has 0 saturated heterocycles. The van der Waals surface area contributed by atoms with Crippen LogP contribution in [0.25, 0.3) is 0 Å². The number of carbonyl (C=O) groups excluding carboxylic acids is 3. The molecule has 7 heteroatoms. The van der Waals surface area contributed by atoms with Crippen molar-refractivity contribution < 1.29 is 19.1 Å². The van der Waals surface area contributed by atoms with Gasteiger partial charge in [-0.2, -0.15) is 0 Å². The van der Waals surface area contributed by atoms with Gasteiger partial charge in [0.15, 0.2) is 0 Å². The molecular formula is C22H19N3O4. The number of anilines is 2. The second-order valence-corrected chi connectivity index (χ2v) is 6.25. The van der Waals surface area contributed by atoms with Crippen LogP contribution in [-0.4, -0.2) is 29.9 Å². The van der Waals surface area contributed by atoms with Crippen LogP contribution in [0.2, 0.25) is 0 Å². The summed E-state index contributed by atoms with van der Waals surface area (Å²) in [5, 5.41) is 5.51. The van der Waals surface area contributed by atoms with Gasteiger partial charge < -0.3 is 15.4 Å². The van der Waals surface area contributed by atoms with Gasteiger partial charge >= 0.3 is 5.97 Å². The lowest BCUT2D eigenvalue weighted by Crippen LogP contribution is -2.16. The summed E-state index contributed by atoms with van der Waals surface area (Å²) >= 11 is 0. The summed E-state index contributed by atoms with van der Waals surface area (Å²) in [5.74, 6) is -1.24. The third-order valence-corrected chi connectivity index (χ3v) is 4.22. The molecule has 0 aliphatic heterocycles. The van der Waals surface area contributed by atoms with E-state index in [1.54, 1.807) is 30.3 Å². The Bertz CT molecular complexity index is 1060. The standard InChI is InChI=1S/C22H19N3O4/c1-14-5-3-4-6-19(14)25-21(27)17-11-16(12-23-13-17)20(26)24-18-9-7-15(8-10-18)22(28)29-2/h3-13H,1-2H3,(H,24,26)(H,25,27). The fourth-order valence-electron chi connectivity index (χ4n) is 2.61. The van der Waals surface area contributed by atoms with Crippen LogP contribution in [0.5, 0.6) is 0 Å². The van der Waals surface area contributed by atoms with E-state index in [2.05, 4.69) is 20.4 Å². The summed E-state index contributed by atoms with van der Waals surface area (Å²) in [6, 6.07) is 15.2. The van der Waals surface area contributed by atoms with Crippen molar-refractivity contribution in [2.75, 3.05) is 17.7 Å². The number of methoxy groups -OCH3 is 1. The molecule has 2 N–H and O–H groups in total. The number of benzene rings is 2. The van der Waals surface area contributed by atoms with Crippen molar-refractivity contribution in [2.45, 2.75) is 6.92 Å². The van der Waals surface area contributed by atoms with E-state index in [0.717, 1.165) is 5.56 Å². The third kappa shape index (κ3) is 4.84. The average Bonchev–Trinajstić information content (AvgIpc) is 2.75. The SMILES string of the molecule is COC(=O)c1ccc(NC(=O)c2cncc(C(=O)Nc3ccccc3C)c2)cc1. The molecule has 0 unspecified atom stereocenters. The van der Waals surface area contributed by atoms with Crippen LogP contribution in [0.3, 0.4) is 0 Å². The highest BCUT2D eigenvalue weighted by atomic mass is 16.5. The van der Waals surface area contributed by atoms with Gasteiger partial charge in [0.05, 0.1) is 23.8 Å². The number of nitrogens with one attached hydrogen (secondary N) is 2. The number of ether oxygens (including phenoxy) is 1. The molecule has 146 valence electrons. The number of amides is 2. The number of carbonyl (C=O) groups is 3. The molecule has 0 bridgehead atoms. The van der Waals surface area contributed by atoms with Gasteiger partial charge in [0, 0.05) is 23.8 Å². The molecule has 0 radical (unpaired) electrons. The molecular weight excluding hydrogens is 370 g/mol. The maximum absolute atomic E-state index is 12.5. The van der Waals surface area contributed by atoms with E-state index in [1.807, 2.05) is 25.1 Å². The number of esters is 1. The van der Waals surface area contributed by atoms with Crippen molar-refractivity contribution in [3.8, 4) is 0 Å². The topological polar surface area (TPSA) is 97.4 Å². The van der Waals surface area contributed by atoms with Crippen molar-refractivity contribution in [2.24, 2.45) is 0 Å². The molecule has 1 aromatic heterocycles. The molecule has 2 aromatic carbocycles. The quantitative estimate of drug-likeness (QED) is 0.649. The summed E-state index contributed by atoms with van der Waals surface area (Å²) in [7, 11) is 1.30. The van der Waals surface area contributed by atoms with Gasteiger partial charge in [-0.05, 0) is 48.9 Å². The van der Waals surface area contributed by atoms with Crippen LogP contribution >= 0.6 is 0 Å². The Labute approximate surface area is 167 Å². The lowest BCUT2D eigenvalue weighted by molar-refractivity contribution is 0.0600. The van der Waals surface area contributed by atoms with Gasteiger partial charge in [-0.3, -0.25) is 14.6 Å². The maximum Gasteiger partial charge on any atom is 0.337 e. The van der Waals surface area contributed by atoms with Crippen LogP contribution in [0.4, 0.5) is 11.4 Å². The molecule has 0 spiro atoms. The number of hydrogen-bond acceptors (Lipinski definition) is 5. The summed E-state index contributed by atoms with van der Waals surface area (Å²) in [6.07, 6.45) is 2.78. The zero-order valence-electron chi connectivity index (χ0n) is 15.9. The van der Waals surface area contributed by atoms with Crippen molar-refractivity contribution in [1.82, 2.24) is 4.98 Å². The Hall–Kier alpha value is -4.00. The first-order valence-corrected chi connectivity index (χ1v) is 8.79. The fourth-order valence-corrected chi connectivity index (χ4v) is 2.61. The Morgan fingerprint density at radius 3 is 2.07 bits per heavy atom. The minimum absolute atomic E-state index is 0.236. The zero-order chi connectivity index (χ0) is 20.8. The molecule has 3 aromatic rings. The second kappa shape index (κ2) is 8.79. The van der Waals surface area contributed by atoms with E-state index in [9.17, 15) is 14.4 Å². The Balaban J connectivity index is 1.71. The van der Waals surface area contributed by atoms with Crippen molar-refractivity contribution in [3.05, 3.63) is 89.2 Å². The largest absolute Gasteiger partial charge is 0.465 e. The van der Waals surface area contributed by atoms with Crippen molar-refractivity contribution in [3.63, 3.8) is 0 Å². The molecule has 0 atom stereocenters. The molecule has 0 saturated carbocycles. The minimum atomic E-state index is -0.459. The molecule has 7 nitrogen and oxygen atoms in total. The van der Waals surface area contributed by atoms with E-state index >= 15 is 0 Å². The first-order chi connectivity index (χ1) is 14.0. The van der Waals surface area contributed by atoms with Gasteiger partial charge in [-0.15, -0.1) is 0 Å². The van der Waals surface area contributed by atoms with Gasteiger partial charge in [0.1, 0.15) is 0 Å². The van der Waals surface area contributed by atoms with E-state index < -0.39 is 11.9 Å². The first-order valence-electron chi connectivity index (χ1n) is 8.79. The summed E-state index contributed by atoms with van der Waals surface area (Å²) < 4.78 is 4.64. The van der Waals surface area contributed by atoms with Crippen LogP contribution in [0, 0.1) is 6.92 Å². The van der Waals surface area contributed by atoms with E-state index in [0.29, 0.717) is 16.9 Å². The molecule has 2 amide bonds. The average molecular weight is 389 g/mol. The number of nitrogens with zero attached hydrogens (tertiary/aromatic N) is 1. The van der Waals surface area contributed by atoms with Crippen molar-refractivity contribution >= 4 is 29.2 Å². The van der Waals surface area contributed by atoms with E-state index in [4.69, 9.17) is 0 Å². The van der Waals surface area contributed by atoms with Crippen LogP contribution < -0.4 is 10.6 Å². The second-order valence-electron chi connectivity index (χ2n) is 6.25. The number of pyridine rings is 1. The van der Waals surface area contributed by atoms with Gasteiger partial charge in [-0.25, -0.2) is 4.79 Å². The Morgan fingerprint density at radius 2 is 1.45 bits per heavy atom. The minimum Gasteiger partial charge on any atom is -0.465 e. The highest BCUT2D eigenvalue weighted by Gasteiger charge is 2.13. The predicted molar refractivity (Wildman–Crippen MR) is 109 cm³/mol. The first kappa shape index (κ1) is 19.8. The van der Waals surface area contributed by atoms with Crippen LogP contribution in [-0.2, 0) is 4.74 Å². The molecule has 0 aliphatic carbocycles. The Kier molecular flexibility index (Phi) is 5.99. The number of para-hydroxylation sites is 1. The lowest BCUT2D eigenvalue weighted by atomic mass is 10.1. The smallest absolute Gasteiger partial charge is 0.337 e. The van der Waals surface area contributed by atoms with Crippen molar-refractivity contribution in [1.29, 1.82) is 0 Å². The lowest BCUT2D eigenvalue weighted by Gasteiger charge is -2.09. The number of rotatable bonds is 5. The number of aromatic nitrogens is 1. The number of aryl methyl sites for hydroxylation is 1. The summed E-state index contributed by atoms with van der Waals surface area (Å²) in [5.41, 5.74) is 3.00. The fraction of sp³-hybridized carbons (Fsp3) is 0.0909.